The number of imide groups is 1. The molecule has 1 fully saturated rings. The maximum absolute atomic E-state index is 12.3. The molecule has 0 aromatic carbocycles. The van der Waals surface area contributed by atoms with Gasteiger partial charge in [-0.25, -0.2) is 9.79 Å². The van der Waals surface area contributed by atoms with Crippen molar-refractivity contribution in [2.24, 2.45) is 4.99 Å². The highest BCUT2D eigenvalue weighted by Gasteiger charge is 2.48. The largest absolute Gasteiger partial charge is 0.332 e. The molecule has 2 aliphatic rings. The topological polar surface area (TPSA) is 65.0 Å². The van der Waals surface area contributed by atoms with Crippen LogP contribution in [0.3, 0.4) is 0 Å². The fraction of sp³-hybridized carbons (Fsp3) is 0.688. The van der Waals surface area contributed by atoms with Gasteiger partial charge in [0.1, 0.15) is 0 Å². The Labute approximate surface area is 152 Å². The highest BCUT2D eigenvalue weighted by atomic mass is 35.5. The van der Waals surface area contributed by atoms with Crippen LogP contribution in [0.5, 0.6) is 0 Å². The number of unbranched alkanes of at least 4 members (excludes halogenated alkanes) is 3. The normalized spacial score (nSPS) is 24.2. The van der Waals surface area contributed by atoms with Gasteiger partial charge in [0, 0.05) is 24.4 Å². The zero-order valence-electron chi connectivity index (χ0n) is 14.4. The third-order valence-corrected chi connectivity index (χ3v) is 5.37. The maximum atomic E-state index is 12.3. The molecule has 2 aliphatic heterocycles. The van der Waals surface area contributed by atoms with Crippen LogP contribution in [0.25, 0.3) is 0 Å². The number of fused-ring (bicyclic) bond motifs is 1. The summed E-state index contributed by atoms with van der Waals surface area (Å²) in [6.45, 7) is 4.50. The number of rotatable bonds is 7. The van der Waals surface area contributed by atoms with Crippen molar-refractivity contribution in [2.75, 3.05) is 19.3 Å². The average Bonchev–Trinajstić information content (AvgIpc) is 2.89. The predicted octanol–water partition coefficient (Wildman–Crippen LogP) is 2.99. The minimum Gasteiger partial charge on any atom is -0.332 e. The first-order valence-corrected chi connectivity index (χ1v) is 9.69. The van der Waals surface area contributed by atoms with Crippen LogP contribution in [-0.4, -0.2) is 58.5 Å². The summed E-state index contributed by atoms with van der Waals surface area (Å²) in [5.74, 6) is 0.659. The number of hydrogen-bond donors (Lipinski definition) is 1. The van der Waals surface area contributed by atoms with E-state index in [1.807, 2.05) is 11.0 Å². The van der Waals surface area contributed by atoms with Crippen LogP contribution in [0.15, 0.2) is 16.1 Å². The van der Waals surface area contributed by atoms with Gasteiger partial charge in [0.15, 0.2) is 17.4 Å². The smallest absolute Gasteiger partial charge is 0.325 e. The second-order valence-electron chi connectivity index (χ2n) is 6.03. The molecule has 2 rings (SSSR count). The third-order valence-electron chi connectivity index (χ3n) is 4.12. The van der Waals surface area contributed by atoms with Gasteiger partial charge in [0.2, 0.25) is 0 Å². The van der Waals surface area contributed by atoms with E-state index in [9.17, 15) is 9.59 Å². The number of aliphatic imine (C=N–C) groups is 1. The maximum Gasteiger partial charge on any atom is 0.325 e. The molecule has 0 aromatic heterocycles. The number of amidine groups is 1. The van der Waals surface area contributed by atoms with Gasteiger partial charge in [0.05, 0.1) is 0 Å². The van der Waals surface area contributed by atoms with E-state index in [0.29, 0.717) is 11.6 Å². The Balaban J connectivity index is 2.10. The standard InChI is InChI=1S/C16H25ClN4O2S/c1-4-5-6-7-10-24-16-18-13-12(21(16)9-8-11(2)17)14(22)19-15(23)20(13)3/h8,12-13H,4-7,9-10H2,1-3H3,(H,19,22,23)/b11-8+. The molecule has 6 nitrogen and oxygen atoms in total. The van der Waals surface area contributed by atoms with Crippen LogP contribution in [0, 0.1) is 0 Å². The molecule has 2 heterocycles. The van der Waals surface area contributed by atoms with Gasteiger partial charge < -0.3 is 9.80 Å². The van der Waals surface area contributed by atoms with Crippen molar-refractivity contribution in [3.05, 3.63) is 11.1 Å². The molecule has 0 aliphatic carbocycles. The highest BCUT2D eigenvalue weighted by molar-refractivity contribution is 8.13. The van der Waals surface area contributed by atoms with Gasteiger partial charge in [-0.1, -0.05) is 55.6 Å². The molecule has 1 saturated heterocycles. The summed E-state index contributed by atoms with van der Waals surface area (Å²) < 4.78 is 0. The van der Waals surface area contributed by atoms with Gasteiger partial charge >= 0.3 is 6.03 Å². The molecule has 0 spiro atoms. The summed E-state index contributed by atoms with van der Waals surface area (Å²) in [7, 11) is 1.67. The number of nitrogens with zero attached hydrogens (tertiary/aromatic N) is 3. The predicted molar refractivity (Wildman–Crippen MR) is 99.2 cm³/mol. The highest BCUT2D eigenvalue weighted by Crippen LogP contribution is 2.29. The molecule has 2 unspecified atom stereocenters. The lowest BCUT2D eigenvalue weighted by atomic mass is 10.1. The molecule has 0 radical (unpaired) electrons. The number of hydrogen-bond acceptors (Lipinski definition) is 5. The lowest BCUT2D eigenvalue weighted by molar-refractivity contribution is -0.126. The Morgan fingerprint density at radius 3 is 2.79 bits per heavy atom. The number of allylic oxidation sites excluding steroid dienone is 1. The second kappa shape index (κ2) is 8.76. The first-order chi connectivity index (χ1) is 11.5. The van der Waals surface area contributed by atoms with Crippen LogP contribution in [-0.2, 0) is 4.79 Å². The molecule has 0 aromatic rings. The van der Waals surface area contributed by atoms with Crippen molar-refractivity contribution in [1.29, 1.82) is 0 Å². The Bertz CT molecular complexity index is 548. The fourth-order valence-electron chi connectivity index (χ4n) is 2.73. The van der Waals surface area contributed by atoms with Crippen molar-refractivity contribution in [3.8, 4) is 0 Å². The lowest BCUT2D eigenvalue weighted by Crippen LogP contribution is -2.63. The van der Waals surface area contributed by atoms with Crippen LogP contribution in [0.4, 0.5) is 4.79 Å². The first kappa shape index (κ1) is 19.1. The summed E-state index contributed by atoms with van der Waals surface area (Å²) in [5, 5.41) is 3.88. The molecule has 3 amide bonds. The molecule has 24 heavy (non-hydrogen) atoms. The van der Waals surface area contributed by atoms with Gasteiger partial charge in [-0.15, -0.1) is 0 Å². The Morgan fingerprint density at radius 2 is 2.12 bits per heavy atom. The van der Waals surface area contributed by atoms with Gasteiger partial charge in [-0.3, -0.25) is 10.1 Å². The van der Waals surface area contributed by atoms with E-state index in [1.54, 1.807) is 25.7 Å². The summed E-state index contributed by atoms with van der Waals surface area (Å²) in [6, 6.07) is -0.888. The summed E-state index contributed by atoms with van der Waals surface area (Å²) >= 11 is 7.60. The van der Waals surface area contributed by atoms with Crippen LogP contribution >= 0.6 is 23.4 Å². The lowest BCUT2D eigenvalue weighted by Gasteiger charge is -2.35. The zero-order chi connectivity index (χ0) is 17.7. The second-order valence-corrected chi connectivity index (χ2v) is 7.69. The Morgan fingerprint density at radius 1 is 1.38 bits per heavy atom. The number of halogens is 1. The van der Waals surface area contributed by atoms with E-state index >= 15 is 0 Å². The quantitative estimate of drug-likeness (QED) is 0.698. The summed E-state index contributed by atoms with van der Waals surface area (Å²) in [6.07, 6.45) is 6.15. The minimum absolute atomic E-state index is 0.297. The SMILES string of the molecule is CCCCCCSC1=NC2C(C(=O)NC(=O)N2C)N1C/C=C(\C)Cl. The van der Waals surface area contributed by atoms with Gasteiger partial charge in [-0.05, 0) is 13.3 Å². The molecule has 1 N–H and O–H groups in total. The monoisotopic (exact) mass is 372 g/mol. The number of amides is 3. The number of urea groups is 1. The Hall–Kier alpha value is -1.21. The average molecular weight is 373 g/mol. The number of nitrogens with one attached hydrogen (secondary N) is 1. The first-order valence-electron chi connectivity index (χ1n) is 8.32. The molecular weight excluding hydrogens is 348 g/mol. The molecule has 2 atom stereocenters. The van der Waals surface area contributed by atoms with E-state index < -0.39 is 18.2 Å². The molecule has 0 bridgehead atoms. The van der Waals surface area contributed by atoms with E-state index in [-0.39, 0.29) is 5.91 Å². The van der Waals surface area contributed by atoms with E-state index in [4.69, 9.17) is 11.6 Å². The van der Waals surface area contributed by atoms with Crippen molar-refractivity contribution < 1.29 is 9.59 Å². The molecule has 8 heteroatoms. The van der Waals surface area contributed by atoms with E-state index in [0.717, 1.165) is 17.3 Å². The fourth-order valence-corrected chi connectivity index (χ4v) is 3.87. The van der Waals surface area contributed by atoms with E-state index in [2.05, 4.69) is 17.2 Å². The summed E-state index contributed by atoms with van der Waals surface area (Å²) in [5.41, 5.74) is 0. The van der Waals surface area contributed by atoms with Crippen molar-refractivity contribution in [1.82, 2.24) is 15.1 Å². The van der Waals surface area contributed by atoms with E-state index in [1.165, 1.54) is 24.2 Å². The number of likely N-dealkylation sites (N-methyl/N-ethyl adjacent to an activating group) is 1. The summed E-state index contributed by atoms with van der Waals surface area (Å²) in [4.78, 5) is 32.2. The third kappa shape index (κ3) is 4.45. The molecule has 134 valence electrons. The van der Waals surface area contributed by atoms with Crippen molar-refractivity contribution >= 4 is 40.5 Å². The molecule has 0 saturated carbocycles. The van der Waals surface area contributed by atoms with Gasteiger partial charge in [-0.2, -0.15) is 0 Å². The van der Waals surface area contributed by atoms with Crippen molar-refractivity contribution in [2.45, 2.75) is 51.7 Å². The van der Waals surface area contributed by atoms with Crippen LogP contribution in [0.1, 0.15) is 39.5 Å². The van der Waals surface area contributed by atoms with Crippen molar-refractivity contribution in [3.63, 3.8) is 0 Å². The number of carbonyl (C=O) groups is 2. The van der Waals surface area contributed by atoms with Crippen LogP contribution < -0.4 is 5.32 Å². The molecular formula is C16H25ClN4O2S. The Kier molecular flexibility index (Phi) is 6.98. The van der Waals surface area contributed by atoms with Gasteiger partial charge in [0.25, 0.3) is 5.91 Å². The zero-order valence-corrected chi connectivity index (χ0v) is 16.0. The minimum atomic E-state index is -0.488. The number of thioether (sulfide) groups is 1. The van der Waals surface area contributed by atoms with Crippen LogP contribution in [0.2, 0.25) is 0 Å². The number of carbonyl (C=O) groups excluding carboxylic acids is 2.